The fourth-order valence-electron chi connectivity index (χ4n) is 3.28. The molecule has 0 radical (unpaired) electrons. The van der Waals surface area contributed by atoms with Gasteiger partial charge in [-0.3, -0.25) is 9.89 Å². The first-order chi connectivity index (χ1) is 13.5. The highest BCUT2D eigenvalue weighted by atomic mass is 19.3. The van der Waals surface area contributed by atoms with Crippen molar-refractivity contribution in [2.24, 2.45) is 4.99 Å². The molecule has 0 atom stereocenters. The topological polar surface area (TPSA) is 67.4 Å². The summed E-state index contributed by atoms with van der Waals surface area (Å²) in [7, 11) is 1.67. The lowest BCUT2D eigenvalue weighted by atomic mass is 10.1. The molecule has 1 fully saturated rings. The Morgan fingerprint density at radius 3 is 2.57 bits per heavy atom. The van der Waals surface area contributed by atoms with Crippen molar-refractivity contribution in [1.29, 1.82) is 0 Å². The standard InChI is InChI=1S/C19H28F2N4O3/c1-12(2)25(14-4-5-14)7-6-23-19(22-3)24-10-13-8-16-17(27-11-26-16)9-15(13)28-18(20)21/h8-9,12,14,18H,4-7,10-11H2,1-3H3,(H2,22,23,24). The number of hydrogen-bond donors (Lipinski definition) is 2. The minimum atomic E-state index is -2.92. The van der Waals surface area contributed by atoms with Gasteiger partial charge in [-0.1, -0.05) is 0 Å². The van der Waals surface area contributed by atoms with Gasteiger partial charge >= 0.3 is 6.61 Å². The van der Waals surface area contributed by atoms with E-state index in [4.69, 9.17) is 9.47 Å². The lowest BCUT2D eigenvalue weighted by Crippen LogP contribution is -2.43. The first-order valence-corrected chi connectivity index (χ1v) is 9.55. The highest BCUT2D eigenvalue weighted by Crippen LogP contribution is 2.38. The Bertz CT molecular complexity index is 694. The number of ether oxygens (including phenoxy) is 3. The quantitative estimate of drug-likeness (QED) is 0.492. The molecule has 3 rings (SSSR count). The maximum absolute atomic E-state index is 12.7. The van der Waals surface area contributed by atoms with E-state index in [0.29, 0.717) is 35.1 Å². The van der Waals surface area contributed by atoms with E-state index >= 15 is 0 Å². The van der Waals surface area contributed by atoms with Crippen LogP contribution in [0.2, 0.25) is 0 Å². The van der Waals surface area contributed by atoms with Crippen LogP contribution >= 0.6 is 0 Å². The fraction of sp³-hybridized carbons (Fsp3) is 0.632. The lowest BCUT2D eigenvalue weighted by molar-refractivity contribution is -0.0505. The molecule has 1 aliphatic carbocycles. The summed E-state index contributed by atoms with van der Waals surface area (Å²) in [6.07, 6.45) is 2.53. The van der Waals surface area contributed by atoms with Gasteiger partial charge in [-0.05, 0) is 32.8 Å². The van der Waals surface area contributed by atoms with Crippen LogP contribution in [0.25, 0.3) is 0 Å². The van der Waals surface area contributed by atoms with Crippen LogP contribution in [0.15, 0.2) is 17.1 Å². The minimum absolute atomic E-state index is 0.0573. The highest BCUT2D eigenvalue weighted by Gasteiger charge is 2.30. The second-order valence-electron chi connectivity index (χ2n) is 7.11. The molecule has 0 saturated heterocycles. The van der Waals surface area contributed by atoms with Gasteiger partial charge in [0.1, 0.15) is 5.75 Å². The number of rotatable bonds is 9. The number of halogens is 2. The third kappa shape index (κ3) is 5.37. The molecule has 1 aromatic carbocycles. The van der Waals surface area contributed by atoms with Gasteiger partial charge in [-0.25, -0.2) is 0 Å². The molecule has 1 aliphatic heterocycles. The number of benzene rings is 1. The molecule has 28 heavy (non-hydrogen) atoms. The molecule has 1 saturated carbocycles. The third-order valence-corrected chi connectivity index (χ3v) is 4.78. The molecule has 156 valence electrons. The molecule has 0 spiro atoms. The highest BCUT2D eigenvalue weighted by molar-refractivity contribution is 5.79. The number of aliphatic imine (C=N–C) groups is 1. The second kappa shape index (κ2) is 9.27. The van der Waals surface area contributed by atoms with E-state index in [-0.39, 0.29) is 19.1 Å². The Hall–Kier alpha value is -2.29. The van der Waals surface area contributed by atoms with Crippen molar-refractivity contribution in [3.63, 3.8) is 0 Å². The molecule has 9 heteroatoms. The van der Waals surface area contributed by atoms with Crippen molar-refractivity contribution < 1.29 is 23.0 Å². The normalized spacial score (nSPS) is 16.2. The van der Waals surface area contributed by atoms with Gasteiger partial charge in [0.2, 0.25) is 6.79 Å². The maximum Gasteiger partial charge on any atom is 0.387 e. The smallest absolute Gasteiger partial charge is 0.387 e. The summed E-state index contributed by atoms with van der Waals surface area (Å²) >= 11 is 0. The van der Waals surface area contributed by atoms with Crippen molar-refractivity contribution in [1.82, 2.24) is 15.5 Å². The molecular weight excluding hydrogens is 370 g/mol. The molecule has 1 heterocycles. The van der Waals surface area contributed by atoms with Crippen molar-refractivity contribution in [2.75, 3.05) is 26.9 Å². The summed E-state index contributed by atoms with van der Waals surface area (Å²) in [6, 6.07) is 4.28. The maximum atomic E-state index is 12.7. The van der Waals surface area contributed by atoms with Crippen LogP contribution < -0.4 is 24.8 Å². The van der Waals surface area contributed by atoms with E-state index in [0.717, 1.165) is 13.1 Å². The van der Waals surface area contributed by atoms with E-state index < -0.39 is 6.61 Å². The minimum Gasteiger partial charge on any atom is -0.454 e. The predicted octanol–water partition coefficient (Wildman–Crippen LogP) is 2.55. The van der Waals surface area contributed by atoms with E-state index in [1.165, 1.54) is 18.9 Å². The molecule has 0 amide bonds. The molecule has 1 aromatic rings. The average molecular weight is 398 g/mol. The van der Waals surface area contributed by atoms with Gasteiger partial charge in [-0.15, -0.1) is 0 Å². The van der Waals surface area contributed by atoms with Gasteiger partial charge in [-0.2, -0.15) is 8.78 Å². The number of alkyl halides is 2. The van der Waals surface area contributed by atoms with Crippen LogP contribution in [0, 0.1) is 0 Å². The Kier molecular flexibility index (Phi) is 6.77. The van der Waals surface area contributed by atoms with Crippen molar-refractivity contribution in [3.05, 3.63) is 17.7 Å². The van der Waals surface area contributed by atoms with Crippen molar-refractivity contribution >= 4 is 5.96 Å². The van der Waals surface area contributed by atoms with Crippen LogP contribution in [-0.4, -0.2) is 56.5 Å². The number of nitrogens with one attached hydrogen (secondary N) is 2. The Morgan fingerprint density at radius 1 is 1.25 bits per heavy atom. The van der Waals surface area contributed by atoms with Gasteiger partial charge in [0.25, 0.3) is 0 Å². The Labute approximate surface area is 164 Å². The van der Waals surface area contributed by atoms with E-state index in [1.807, 2.05) is 0 Å². The number of nitrogens with zero attached hydrogens (tertiary/aromatic N) is 2. The fourth-order valence-corrected chi connectivity index (χ4v) is 3.28. The molecule has 2 N–H and O–H groups in total. The number of guanidine groups is 1. The SMILES string of the molecule is CN=C(NCCN(C(C)C)C1CC1)NCc1cc2c(cc1OC(F)F)OCO2. The summed E-state index contributed by atoms with van der Waals surface area (Å²) in [6.45, 7) is 3.49. The van der Waals surface area contributed by atoms with Crippen molar-refractivity contribution in [2.45, 2.75) is 51.9 Å². The molecular formula is C19H28F2N4O3. The molecule has 0 bridgehead atoms. The summed E-state index contributed by atoms with van der Waals surface area (Å²) in [5.41, 5.74) is 0.536. The Morgan fingerprint density at radius 2 is 1.96 bits per heavy atom. The van der Waals surface area contributed by atoms with Gasteiger partial charge in [0.05, 0.1) is 0 Å². The monoisotopic (exact) mass is 398 g/mol. The summed E-state index contributed by atoms with van der Waals surface area (Å²) < 4.78 is 40.7. The van der Waals surface area contributed by atoms with Crippen LogP contribution in [0.1, 0.15) is 32.3 Å². The lowest BCUT2D eigenvalue weighted by Gasteiger charge is -2.26. The van der Waals surface area contributed by atoms with Gasteiger partial charge < -0.3 is 24.8 Å². The van der Waals surface area contributed by atoms with E-state index in [2.05, 4.69) is 39.1 Å². The summed E-state index contributed by atoms with van der Waals surface area (Å²) in [5, 5.41) is 6.41. The summed E-state index contributed by atoms with van der Waals surface area (Å²) in [4.78, 5) is 6.68. The second-order valence-corrected chi connectivity index (χ2v) is 7.11. The van der Waals surface area contributed by atoms with E-state index in [1.54, 1.807) is 13.1 Å². The zero-order chi connectivity index (χ0) is 20.1. The molecule has 0 aromatic heterocycles. The molecule has 7 nitrogen and oxygen atoms in total. The zero-order valence-electron chi connectivity index (χ0n) is 16.5. The van der Waals surface area contributed by atoms with Gasteiger partial charge in [0.15, 0.2) is 17.5 Å². The van der Waals surface area contributed by atoms with Crippen LogP contribution in [0.4, 0.5) is 8.78 Å². The number of hydrogen-bond acceptors (Lipinski definition) is 5. The van der Waals surface area contributed by atoms with Crippen LogP contribution in [-0.2, 0) is 6.54 Å². The largest absolute Gasteiger partial charge is 0.454 e. The van der Waals surface area contributed by atoms with Crippen molar-refractivity contribution in [3.8, 4) is 17.2 Å². The third-order valence-electron chi connectivity index (χ3n) is 4.78. The first-order valence-electron chi connectivity index (χ1n) is 9.55. The Balaban J connectivity index is 1.55. The van der Waals surface area contributed by atoms with Crippen LogP contribution in [0.3, 0.4) is 0 Å². The zero-order valence-corrected chi connectivity index (χ0v) is 16.5. The first kappa shape index (κ1) is 20.4. The molecule has 2 aliphatic rings. The predicted molar refractivity (Wildman–Crippen MR) is 102 cm³/mol. The molecule has 0 unspecified atom stereocenters. The number of fused-ring (bicyclic) bond motifs is 1. The van der Waals surface area contributed by atoms with Gasteiger partial charge in [0, 0.05) is 50.4 Å². The average Bonchev–Trinajstić information content (AvgIpc) is 3.38. The van der Waals surface area contributed by atoms with Crippen LogP contribution in [0.5, 0.6) is 17.2 Å². The van der Waals surface area contributed by atoms with E-state index in [9.17, 15) is 8.78 Å². The summed E-state index contributed by atoms with van der Waals surface area (Å²) in [5.74, 6) is 1.57.